The quantitative estimate of drug-likeness (QED) is 0.514. The largest absolute Gasteiger partial charge is 0.378 e. The topological polar surface area (TPSA) is 99.6 Å². The molecule has 0 aliphatic carbocycles. The number of morpholine rings is 1. The minimum atomic E-state index is -0.119. The van der Waals surface area contributed by atoms with Gasteiger partial charge in [-0.3, -0.25) is 14.8 Å². The Morgan fingerprint density at radius 3 is 2.75 bits per heavy atom. The van der Waals surface area contributed by atoms with Crippen molar-refractivity contribution in [3.8, 4) is 0 Å². The maximum absolute atomic E-state index is 13.1. The zero-order valence-corrected chi connectivity index (χ0v) is 21.4. The highest BCUT2D eigenvalue weighted by Crippen LogP contribution is 2.38. The van der Waals surface area contributed by atoms with Crippen molar-refractivity contribution >= 4 is 40.2 Å². The standard InChI is InChI=1S/C25H31ClN8O2/c1-32(2)7-5-28-25(35)17-12-18(20-4-3-6-34(20)23-15-27-14-21(26)30-23)24-19(13-17)29-16-22(31-24)33-8-10-36-11-9-33/h12-16,20H,3-11H2,1-2H3,(H,28,35). The van der Waals surface area contributed by atoms with Gasteiger partial charge >= 0.3 is 0 Å². The summed E-state index contributed by atoms with van der Waals surface area (Å²) in [5, 5.41) is 3.38. The van der Waals surface area contributed by atoms with E-state index in [1.54, 1.807) is 12.4 Å². The monoisotopic (exact) mass is 510 g/mol. The van der Waals surface area contributed by atoms with Crippen LogP contribution in [0.25, 0.3) is 11.0 Å². The van der Waals surface area contributed by atoms with Gasteiger partial charge in [0.2, 0.25) is 0 Å². The Labute approximate surface area is 215 Å². The number of amides is 1. The first-order valence-corrected chi connectivity index (χ1v) is 12.7. The minimum Gasteiger partial charge on any atom is -0.378 e. The summed E-state index contributed by atoms with van der Waals surface area (Å²) in [6.45, 7) is 5.03. The van der Waals surface area contributed by atoms with Gasteiger partial charge in [0.25, 0.3) is 5.91 Å². The first-order valence-electron chi connectivity index (χ1n) is 12.3. The molecule has 1 N–H and O–H groups in total. The van der Waals surface area contributed by atoms with E-state index in [9.17, 15) is 4.79 Å². The molecular formula is C25H31ClN8O2. The Bertz CT molecular complexity index is 1230. The Balaban J connectivity index is 1.56. The molecule has 190 valence electrons. The second-order valence-electron chi connectivity index (χ2n) is 9.37. The summed E-state index contributed by atoms with van der Waals surface area (Å²) < 4.78 is 5.51. The van der Waals surface area contributed by atoms with Crippen molar-refractivity contribution < 1.29 is 9.53 Å². The lowest BCUT2D eigenvalue weighted by atomic mass is 9.99. The Morgan fingerprint density at radius 2 is 1.97 bits per heavy atom. The molecule has 1 atom stereocenters. The van der Waals surface area contributed by atoms with Crippen LogP contribution in [0, 0.1) is 0 Å². The maximum Gasteiger partial charge on any atom is 0.251 e. The molecule has 1 amide bonds. The molecule has 0 bridgehead atoms. The number of nitrogens with one attached hydrogen (secondary N) is 1. The van der Waals surface area contributed by atoms with Gasteiger partial charge in [0.05, 0.1) is 48.9 Å². The van der Waals surface area contributed by atoms with Crippen molar-refractivity contribution in [2.45, 2.75) is 18.9 Å². The number of anilines is 2. The van der Waals surface area contributed by atoms with Crippen molar-refractivity contribution in [3.63, 3.8) is 0 Å². The van der Waals surface area contributed by atoms with Crippen molar-refractivity contribution in [2.24, 2.45) is 0 Å². The Kier molecular flexibility index (Phi) is 7.45. The van der Waals surface area contributed by atoms with Crippen LogP contribution in [0.4, 0.5) is 11.6 Å². The summed E-state index contributed by atoms with van der Waals surface area (Å²) in [6.07, 6.45) is 6.94. The molecule has 1 aromatic carbocycles. The van der Waals surface area contributed by atoms with E-state index in [0.717, 1.165) is 61.7 Å². The number of likely N-dealkylation sites (N-methyl/N-ethyl adjacent to an activating group) is 1. The van der Waals surface area contributed by atoms with Crippen LogP contribution in [-0.2, 0) is 4.74 Å². The molecule has 1 unspecified atom stereocenters. The summed E-state index contributed by atoms with van der Waals surface area (Å²) in [7, 11) is 3.96. The summed E-state index contributed by atoms with van der Waals surface area (Å²) >= 11 is 6.16. The van der Waals surface area contributed by atoms with E-state index < -0.39 is 0 Å². The van der Waals surface area contributed by atoms with Gasteiger partial charge in [-0.15, -0.1) is 0 Å². The van der Waals surface area contributed by atoms with Crippen molar-refractivity contribution in [3.05, 3.63) is 47.0 Å². The molecule has 0 radical (unpaired) electrons. The lowest BCUT2D eigenvalue weighted by Crippen LogP contribution is -2.36. The first-order chi connectivity index (χ1) is 17.5. The molecule has 2 fully saturated rings. The van der Waals surface area contributed by atoms with Crippen LogP contribution < -0.4 is 15.1 Å². The molecule has 0 saturated carbocycles. The van der Waals surface area contributed by atoms with Crippen LogP contribution in [0.5, 0.6) is 0 Å². The Hall–Kier alpha value is -3.08. The van der Waals surface area contributed by atoms with Crippen LogP contribution in [0.15, 0.2) is 30.7 Å². The molecule has 2 aromatic heterocycles. The molecule has 11 heteroatoms. The third-order valence-electron chi connectivity index (χ3n) is 6.61. The number of carbonyl (C=O) groups excluding carboxylic acids is 1. The van der Waals surface area contributed by atoms with Gasteiger partial charge in [-0.05, 0) is 39.1 Å². The Morgan fingerprint density at radius 1 is 1.14 bits per heavy atom. The van der Waals surface area contributed by atoms with E-state index in [1.807, 2.05) is 31.1 Å². The molecule has 3 aromatic rings. The number of benzene rings is 1. The van der Waals surface area contributed by atoms with E-state index in [2.05, 4.69) is 25.1 Å². The average Bonchev–Trinajstić information content (AvgIpc) is 3.38. The van der Waals surface area contributed by atoms with Gasteiger partial charge in [0, 0.05) is 43.9 Å². The number of fused-ring (bicyclic) bond motifs is 1. The highest BCUT2D eigenvalue weighted by Gasteiger charge is 2.31. The summed E-state index contributed by atoms with van der Waals surface area (Å²) in [5.74, 6) is 1.42. The maximum atomic E-state index is 13.1. The van der Waals surface area contributed by atoms with Crippen molar-refractivity contribution in [1.82, 2.24) is 30.2 Å². The highest BCUT2D eigenvalue weighted by atomic mass is 35.5. The number of halogens is 1. The van der Waals surface area contributed by atoms with Crippen molar-refractivity contribution in [1.29, 1.82) is 0 Å². The van der Waals surface area contributed by atoms with E-state index in [4.69, 9.17) is 26.3 Å². The minimum absolute atomic E-state index is 0.0240. The number of ether oxygens (including phenoxy) is 1. The SMILES string of the molecule is CN(C)CCNC(=O)c1cc(C2CCCN2c2cncc(Cl)n2)c2nc(N3CCOCC3)cnc2c1. The van der Waals surface area contributed by atoms with Crippen LogP contribution >= 0.6 is 11.6 Å². The molecule has 4 heterocycles. The number of carbonyl (C=O) groups is 1. The molecule has 2 aliphatic rings. The van der Waals surface area contributed by atoms with Crippen molar-refractivity contribution in [2.75, 3.05) is 69.8 Å². The van der Waals surface area contributed by atoms with Crippen LogP contribution in [-0.4, -0.2) is 90.8 Å². The molecular weight excluding hydrogens is 480 g/mol. The zero-order valence-electron chi connectivity index (χ0n) is 20.7. The number of hydrogen-bond acceptors (Lipinski definition) is 9. The predicted molar refractivity (Wildman–Crippen MR) is 140 cm³/mol. The fraction of sp³-hybridized carbons (Fsp3) is 0.480. The molecule has 10 nitrogen and oxygen atoms in total. The van der Waals surface area contributed by atoms with Crippen LogP contribution in [0.1, 0.15) is 34.8 Å². The summed E-state index contributed by atoms with van der Waals surface area (Å²) in [5.41, 5.74) is 3.04. The zero-order chi connectivity index (χ0) is 25.1. The van der Waals surface area contributed by atoms with Gasteiger partial charge in [0.1, 0.15) is 16.8 Å². The third-order valence-corrected chi connectivity index (χ3v) is 6.79. The lowest BCUT2D eigenvalue weighted by Gasteiger charge is -2.29. The number of nitrogens with zero attached hydrogens (tertiary/aromatic N) is 7. The highest BCUT2D eigenvalue weighted by molar-refractivity contribution is 6.29. The summed E-state index contributed by atoms with van der Waals surface area (Å²) in [6, 6.07) is 3.77. The fourth-order valence-corrected chi connectivity index (χ4v) is 4.94. The van der Waals surface area contributed by atoms with E-state index >= 15 is 0 Å². The third kappa shape index (κ3) is 5.35. The molecule has 36 heavy (non-hydrogen) atoms. The first kappa shape index (κ1) is 24.6. The molecule has 0 spiro atoms. The average molecular weight is 511 g/mol. The molecule has 2 aliphatic heterocycles. The second-order valence-corrected chi connectivity index (χ2v) is 9.76. The molecule has 2 saturated heterocycles. The summed E-state index contributed by atoms with van der Waals surface area (Å²) in [4.78, 5) is 38.1. The fourth-order valence-electron chi connectivity index (χ4n) is 4.79. The van der Waals surface area contributed by atoms with Gasteiger partial charge in [0.15, 0.2) is 0 Å². The van der Waals surface area contributed by atoms with Gasteiger partial charge in [-0.2, -0.15) is 0 Å². The van der Waals surface area contributed by atoms with Gasteiger partial charge < -0.3 is 24.8 Å². The van der Waals surface area contributed by atoms with Crippen LogP contribution in [0.2, 0.25) is 5.15 Å². The van der Waals surface area contributed by atoms with Gasteiger partial charge in [-0.25, -0.2) is 9.97 Å². The second kappa shape index (κ2) is 10.9. The van der Waals surface area contributed by atoms with Crippen LogP contribution in [0.3, 0.4) is 0 Å². The smallest absolute Gasteiger partial charge is 0.251 e. The number of rotatable bonds is 7. The van der Waals surface area contributed by atoms with E-state index in [0.29, 0.717) is 36.0 Å². The normalized spacial score (nSPS) is 18.3. The molecule has 5 rings (SSSR count). The number of hydrogen-bond donors (Lipinski definition) is 1. The van der Waals surface area contributed by atoms with Gasteiger partial charge in [-0.1, -0.05) is 11.6 Å². The number of aromatic nitrogens is 4. The van der Waals surface area contributed by atoms with E-state index in [-0.39, 0.29) is 11.9 Å². The lowest BCUT2D eigenvalue weighted by molar-refractivity contribution is 0.0951. The predicted octanol–water partition coefficient (Wildman–Crippen LogP) is 2.54. The van der Waals surface area contributed by atoms with E-state index in [1.165, 1.54) is 6.20 Å².